The maximum atomic E-state index is 12.4. The second-order valence-electron chi connectivity index (χ2n) is 6.71. The summed E-state index contributed by atoms with van der Waals surface area (Å²) in [6.45, 7) is 6.72. The van der Waals surface area contributed by atoms with Gasteiger partial charge >= 0.3 is 5.97 Å². The van der Waals surface area contributed by atoms with E-state index in [1.807, 2.05) is 44.2 Å². The molecule has 1 aromatic heterocycles. The lowest BCUT2D eigenvalue weighted by molar-refractivity contribution is -0.129. The van der Waals surface area contributed by atoms with Crippen LogP contribution in [0.5, 0.6) is 0 Å². The van der Waals surface area contributed by atoms with E-state index >= 15 is 0 Å². The van der Waals surface area contributed by atoms with E-state index in [0.717, 1.165) is 11.1 Å². The van der Waals surface area contributed by atoms with Crippen LogP contribution < -0.4 is 5.32 Å². The highest BCUT2D eigenvalue weighted by Gasteiger charge is 2.20. The molecular formula is C21H24N4O3. The third kappa shape index (κ3) is 4.36. The molecular weight excluding hydrogens is 356 g/mol. The number of aromatic nitrogens is 3. The molecule has 0 saturated heterocycles. The van der Waals surface area contributed by atoms with Crippen molar-refractivity contribution in [3.8, 4) is 0 Å². The van der Waals surface area contributed by atoms with E-state index in [2.05, 4.69) is 15.6 Å². The van der Waals surface area contributed by atoms with Crippen molar-refractivity contribution in [3.05, 3.63) is 59.7 Å². The molecule has 1 N–H and O–H groups in total. The first-order valence-electron chi connectivity index (χ1n) is 9.36. The van der Waals surface area contributed by atoms with Crippen LogP contribution in [0.15, 0.2) is 48.5 Å². The summed E-state index contributed by atoms with van der Waals surface area (Å²) in [5.74, 6) is -0.725. The van der Waals surface area contributed by atoms with Gasteiger partial charge in [0.2, 0.25) is 0 Å². The molecule has 0 aliphatic carbocycles. The summed E-state index contributed by atoms with van der Waals surface area (Å²) in [4.78, 5) is 24.7. The Bertz CT molecular complexity index is 968. The molecule has 0 bridgehead atoms. The Morgan fingerprint density at radius 2 is 1.89 bits per heavy atom. The molecule has 2 aromatic carbocycles. The molecule has 1 heterocycles. The topological polar surface area (TPSA) is 86.1 Å². The number of rotatable bonds is 7. The third-order valence-corrected chi connectivity index (χ3v) is 4.65. The average molecular weight is 380 g/mol. The predicted octanol–water partition coefficient (Wildman–Crippen LogP) is 2.92. The van der Waals surface area contributed by atoms with Gasteiger partial charge in [-0.05, 0) is 43.5 Å². The first-order valence-corrected chi connectivity index (χ1v) is 9.36. The number of benzene rings is 2. The molecule has 0 radical (unpaired) electrons. The highest BCUT2D eigenvalue weighted by atomic mass is 16.5. The number of nitrogens with one attached hydrogen (secondary N) is 1. The monoisotopic (exact) mass is 380 g/mol. The van der Waals surface area contributed by atoms with Crippen LogP contribution in [-0.2, 0) is 16.1 Å². The zero-order chi connectivity index (χ0) is 20.1. The number of hydrogen-bond donors (Lipinski definition) is 1. The fourth-order valence-corrected chi connectivity index (χ4v) is 2.91. The summed E-state index contributed by atoms with van der Waals surface area (Å²) >= 11 is 0. The van der Waals surface area contributed by atoms with Crippen LogP contribution in [0.2, 0.25) is 0 Å². The first-order chi connectivity index (χ1) is 13.5. The third-order valence-electron chi connectivity index (χ3n) is 4.65. The summed E-state index contributed by atoms with van der Waals surface area (Å²) in [5.41, 5.74) is 2.94. The molecule has 28 heavy (non-hydrogen) atoms. The smallest absolute Gasteiger partial charge is 0.338 e. The molecule has 2 atom stereocenters. The fraction of sp³-hybridized carbons (Fsp3) is 0.333. The predicted molar refractivity (Wildman–Crippen MR) is 106 cm³/mol. The highest BCUT2D eigenvalue weighted by Crippen LogP contribution is 2.15. The second-order valence-corrected chi connectivity index (χ2v) is 6.71. The van der Waals surface area contributed by atoms with E-state index < -0.39 is 12.1 Å². The van der Waals surface area contributed by atoms with Crippen molar-refractivity contribution >= 4 is 22.9 Å². The van der Waals surface area contributed by atoms with Crippen LogP contribution in [0.4, 0.5) is 0 Å². The van der Waals surface area contributed by atoms with E-state index in [9.17, 15) is 9.59 Å². The largest absolute Gasteiger partial charge is 0.449 e. The minimum atomic E-state index is -0.891. The van der Waals surface area contributed by atoms with Gasteiger partial charge in [0.25, 0.3) is 5.91 Å². The summed E-state index contributed by atoms with van der Waals surface area (Å²) in [6, 6.07) is 15.0. The van der Waals surface area contributed by atoms with Gasteiger partial charge in [-0.25, -0.2) is 9.48 Å². The molecule has 7 nitrogen and oxygen atoms in total. The van der Waals surface area contributed by atoms with E-state index in [-0.39, 0.29) is 11.8 Å². The Morgan fingerprint density at radius 1 is 1.14 bits per heavy atom. The van der Waals surface area contributed by atoms with E-state index in [0.29, 0.717) is 24.2 Å². The molecule has 0 unspecified atom stereocenters. The van der Waals surface area contributed by atoms with Crippen molar-refractivity contribution in [2.75, 3.05) is 6.54 Å². The van der Waals surface area contributed by atoms with Gasteiger partial charge in [0.1, 0.15) is 5.52 Å². The number of carbonyl (C=O) groups excluding carboxylic acids is 2. The number of esters is 1. The van der Waals surface area contributed by atoms with Crippen molar-refractivity contribution in [2.24, 2.45) is 0 Å². The van der Waals surface area contributed by atoms with Crippen molar-refractivity contribution < 1.29 is 14.3 Å². The van der Waals surface area contributed by atoms with Crippen LogP contribution in [0.3, 0.4) is 0 Å². The van der Waals surface area contributed by atoms with Crippen molar-refractivity contribution in [3.63, 3.8) is 0 Å². The van der Waals surface area contributed by atoms with Gasteiger partial charge in [-0.3, -0.25) is 4.79 Å². The highest BCUT2D eigenvalue weighted by molar-refractivity contribution is 5.95. The first kappa shape index (κ1) is 19.5. The zero-order valence-electron chi connectivity index (χ0n) is 16.3. The second kappa shape index (κ2) is 8.65. The van der Waals surface area contributed by atoms with E-state index in [1.54, 1.807) is 29.8 Å². The summed E-state index contributed by atoms with van der Waals surface area (Å²) in [7, 11) is 0. The molecule has 0 saturated carbocycles. The van der Waals surface area contributed by atoms with Gasteiger partial charge in [0.05, 0.1) is 11.1 Å². The van der Waals surface area contributed by atoms with Crippen molar-refractivity contribution in [1.82, 2.24) is 20.3 Å². The van der Waals surface area contributed by atoms with Crippen molar-refractivity contribution in [1.29, 1.82) is 0 Å². The Morgan fingerprint density at radius 3 is 2.61 bits per heavy atom. The van der Waals surface area contributed by atoms with Crippen LogP contribution >= 0.6 is 0 Å². The molecule has 3 rings (SSSR count). The lowest BCUT2D eigenvalue weighted by atomic mass is 10.0. The van der Waals surface area contributed by atoms with Gasteiger partial charge in [-0.1, -0.05) is 42.5 Å². The van der Waals surface area contributed by atoms with Crippen molar-refractivity contribution in [2.45, 2.75) is 39.3 Å². The molecule has 0 aliphatic rings. The standard InChI is InChI=1S/C21H24N4O3/c1-4-25-19-11-10-17(12-18(19)23-24-25)21(27)28-15(3)20(26)22-13-14(2)16-8-6-5-7-9-16/h5-12,14-15H,4,13H2,1-3H3,(H,22,26)/t14-,15-/m1/s1. The maximum absolute atomic E-state index is 12.4. The molecule has 3 aromatic rings. The number of hydrogen-bond acceptors (Lipinski definition) is 5. The Hall–Kier alpha value is -3.22. The quantitative estimate of drug-likeness (QED) is 0.637. The van der Waals surface area contributed by atoms with Crippen LogP contribution in [0, 0.1) is 0 Å². The summed E-state index contributed by atoms with van der Waals surface area (Å²) in [5, 5.41) is 10.9. The number of carbonyl (C=O) groups is 2. The minimum Gasteiger partial charge on any atom is -0.449 e. The number of aryl methyl sites for hydroxylation is 1. The Kier molecular flexibility index (Phi) is 6.03. The molecule has 0 fully saturated rings. The fourth-order valence-electron chi connectivity index (χ4n) is 2.91. The number of amides is 1. The lowest BCUT2D eigenvalue weighted by Crippen LogP contribution is -2.37. The SMILES string of the molecule is CCn1nnc2cc(C(=O)O[C@H](C)C(=O)NC[C@@H](C)c3ccccc3)ccc21. The van der Waals surface area contributed by atoms with Gasteiger partial charge in [-0.15, -0.1) is 5.10 Å². The van der Waals surface area contributed by atoms with Crippen LogP contribution in [0.1, 0.15) is 42.6 Å². The molecule has 7 heteroatoms. The van der Waals surface area contributed by atoms with Gasteiger partial charge in [0, 0.05) is 13.1 Å². The number of nitrogens with zero attached hydrogens (tertiary/aromatic N) is 3. The molecule has 1 amide bonds. The van der Waals surface area contributed by atoms with Gasteiger partial charge in [-0.2, -0.15) is 0 Å². The summed E-state index contributed by atoms with van der Waals surface area (Å²) < 4.78 is 7.06. The number of fused-ring (bicyclic) bond motifs is 1. The van der Waals surface area contributed by atoms with Crippen LogP contribution in [-0.4, -0.2) is 39.5 Å². The number of ether oxygens (including phenoxy) is 1. The van der Waals surface area contributed by atoms with Gasteiger partial charge in [0.15, 0.2) is 6.10 Å². The zero-order valence-corrected chi connectivity index (χ0v) is 16.3. The van der Waals surface area contributed by atoms with E-state index in [4.69, 9.17) is 4.74 Å². The molecule has 146 valence electrons. The summed E-state index contributed by atoms with van der Waals surface area (Å²) in [6.07, 6.45) is -0.891. The average Bonchev–Trinajstić information content (AvgIpc) is 3.14. The minimum absolute atomic E-state index is 0.164. The maximum Gasteiger partial charge on any atom is 0.338 e. The van der Waals surface area contributed by atoms with E-state index in [1.165, 1.54) is 0 Å². The lowest BCUT2D eigenvalue weighted by Gasteiger charge is -2.16. The Labute approximate surface area is 163 Å². The normalized spacial score (nSPS) is 13.1. The molecule has 0 aliphatic heterocycles. The molecule has 0 spiro atoms. The van der Waals surface area contributed by atoms with Gasteiger partial charge < -0.3 is 10.1 Å². The Balaban J connectivity index is 1.56. The van der Waals surface area contributed by atoms with Crippen LogP contribution in [0.25, 0.3) is 11.0 Å².